The lowest BCUT2D eigenvalue weighted by atomic mass is 9.83. The van der Waals surface area contributed by atoms with Gasteiger partial charge < -0.3 is 20.1 Å². The topological polar surface area (TPSA) is 59.6 Å². The van der Waals surface area contributed by atoms with Crippen LogP contribution in [0.15, 0.2) is 24.3 Å². The Morgan fingerprint density at radius 3 is 2.71 bits per heavy atom. The van der Waals surface area contributed by atoms with Gasteiger partial charge in [-0.3, -0.25) is 0 Å². The van der Waals surface area contributed by atoms with Crippen molar-refractivity contribution in [2.45, 2.75) is 44.4 Å². The predicted molar refractivity (Wildman–Crippen MR) is 79.4 cm³/mol. The third kappa shape index (κ3) is 2.97. The summed E-state index contributed by atoms with van der Waals surface area (Å²) in [6.45, 7) is 7.22. The molecule has 1 unspecified atom stereocenters. The average Bonchev–Trinajstić information content (AvgIpc) is 2.34. The molecule has 1 aromatic carbocycles. The number of carbonyl (C=O) groups excluding carboxylic acids is 1. The minimum atomic E-state index is -0.496. The van der Waals surface area contributed by atoms with Crippen LogP contribution in [0.3, 0.4) is 0 Å². The van der Waals surface area contributed by atoms with Gasteiger partial charge in [-0.1, -0.05) is 18.2 Å². The molecule has 21 heavy (non-hydrogen) atoms. The summed E-state index contributed by atoms with van der Waals surface area (Å²) in [6.07, 6.45) is 0.377. The molecule has 3 rings (SSSR count). The smallest absolute Gasteiger partial charge is 0.408 e. The van der Waals surface area contributed by atoms with Crippen LogP contribution in [0.4, 0.5) is 4.79 Å². The van der Waals surface area contributed by atoms with Crippen LogP contribution in [0.5, 0.6) is 5.75 Å². The van der Waals surface area contributed by atoms with Crippen molar-refractivity contribution < 1.29 is 14.3 Å². The lowest BCUT2D eigenvalue weighted by Crippen LogP contribution is -2.65. The second-order valence-corrected chi connectivity index (χ2v) is 6.83. The SMILES string of the molecule is CC(C)(C)OC(=O)NC1CC2(CNC2)Oc2ccccc21. The molecule has 0 bridgehead atoms. The summed E-state index contributed by atoms with van der Waals surface area (Å²) in [5.41, 5.74) is 0.319. The number of hydrogen-bond donors (Lipinski definition) is 2. The zero-order valence-corrected chi connectivity index (χ0v) is 12.7. The first kappa shape index (κ1) is 14.2. The molecule has 1 atom stereocenters. The summed E-state index contributed by atoms with van der Waals surface area (Å²) < 4.78 is 11.5. The number of fused-ring (bicyclic) bond motifs is 1. The first-order valence-corrected chi connectivity index (χ1v) is 7.35. The monoisotopic (exact) mass is 290 g/mol. The van der Waals surface area contributed by atoms with E-state index in [1.165, 1.54) is 0 Å². The molecule has 5 heteroatoms. The second-order valence-electron chi connectivity index (χ2n) is 6.83. The predicted octanol–water partition coefficient (Wildman–Crippen LogP) is 2.38. The zero-order valence-electron chi connectivity index (χ0n) is 12.7. The van der Waals surface area contributed by atoms with Crippen LogP contribution in [-0.2, 0) is 4.74 Å². The molecule has 2 aliphatic heterocycles. The van der Waals surface area contributed by atoms with Gasteiger partial charge in [0.15, 0.2) is 0 Å². The van der Waals surface area contributed by atoms with Gasteiger partial charge in [-0.15, -0.1) is 0 Å². The molecule has 0 aliphatic carbocycles. The number of rotatable bonds is 1. The van der Waals surface area contributed by atoms with Crippen molar-refractivity contribution >= 4 is 6.09 Å². The Hall–Kier alpha value is -1.75. The lowest BCUT2D eigenvalue weighted by Gasteiger charge is -2.48. The van der Waals surface area contributed by atoms with Crippen LogP contribution >= 0.6 is 0 Å². The highest BCUT2D eigenvalue weighted by Gasteiger charge is 2.46. The highest BCUT2D eigenvalue weighted by atomic mass is 16.6. The number of carbonyl (C=O) groups is 1. The van der Waals surface area contributed by atoms with E-state index in [0.29, 0.717) is 0 Å². The van der Waals surface area contributed by atoms with E-state index >= 15 is 0 Å². The van der Waals surface area contributed by atoms with E-state index in [4.69, 9.17) is 9.47 Å². The number of nitrogens with one attached hydrogen (secondary N) is 2. The van der Waals surface area contributed by atoms with E-state index in [9.17, 15) is 4.79 Å². The molecular formula is C16H22N2O3. The van der Waals surface area contributed by atoms with Crippen molar-refractivity contribution in [2.75, 3.05) is 13.1 Å². The quantitative estimate of drug-likeness (QED) is 0.833. The van der Waals surface area contributed by atoms with Crippen LogP contribution in [0.2, 0.25) is 0 Å². The van der Waals surface area contributed by atoms with Gasteiger partial charge in [-0.2, -0.15) is 0 Å². The van der Waals surface area contributed by atoms with Crippen molar-refractivity contribution in [3.8, 4) is 5.75 Å². The van der Waals surface area contributed by atoms with Gasteiger partial charge >= 0.3 is 6.09 Å². The Kier molecular flexibility index (Phi) is 3.32. The van der Waals surface area contributed by atoms with E-state index in [1.54, 1.807) is 0 Å². The van der Waals surface area contributed by atoms with Crippen molar-refractivity contribution in [3.05, 3.63) is 29.8 Å². The maximum atomic E-state index is 12.1. The summed E-state index contributed by atoms with van der Waals surface area (Å²) in [4.78, 5) is 12.1. The number of hydrogen-bond acceptors (Lipinski definition) is 4. The molecule has 1 saturated heterocycles. The van der Waals surface area contributed by atoms with E-state index in [1.807, 2.05) is 45.0 Å². The van der Waals surface area contributed by atoms with Crippen molar-refractivity contribution in [3.63, 3.8) is 0 Å². The molecule has 2 heterocycles. The Morgan fingerprint density at radius 2 is 2.10 bits per heavy atom. The van der Waals surface area contributed by atoms with Crippen molar-refractivity contribution in [1.29, 1.82) is 0 Å². The van der Waals surface area contributed by atoms with Gasteiger partial charge in [-0.25, -0.2) is 4.79 Å². The zero-order chi connectivity index (χ0) is 15.1. The fourth-order valence-corrected chi connectivity index (χ4v) is 2.82. The molecule has 1 spiro atoms. The molecule has 2 N–H and O–H groups in total. The molecule has 0 aromatic heterocycles. The molecule has 1 amide bonds. The Bertz CT molecular complexity index is 547. The molecule has 2 aliphatic rings. The molecular weight excluding hydrogens is 268 g/mol. The molecule has 1 fully saturated rings. The maximum Gasteiger partial charge on any atom is 0.408 e. The van der Waals surface area contributed by atoms with Crippen LogP contribution in [0, 0.1) is 0 Å². The highest BCUT2D eigenvalue weighted by Crippen LogP contribution is 2.41. The molecule has 114 valence electrons. The van der Waals surface area contributed by atoms with Gasteiger partial charge in [0.25, 0.3) is 0 Å². The fraction of sp³-hybridized carbons (Fsp3) is 0.562. The summed E-state index contributed by atoms with van der Waals surface area (Å²) in [6, 6.07) is 7.79. The van der Waals surface area contributed by atoms with E-state index in [2.05, 4.69) is 10.6 Å². The van der Waals surface area contributed by atoms with Gasteiger partial charge in [0, 0.05) is 25.1 Å². The van der Waals surface area contributed by atoms with Gasteiger partial charge in [-0.05, 0) is 26.8 Å². The average molecular weight is 290 g/mol. The van der Waals surface area contributed by atoms with Gasteiger partial charge in [0.2, 0.25) is 0 Å². The number of amides is 1. The summed E-state index contributed by atoms with van der Waals surface area (Å²) in [5, 5.41) is 6.23. The summed E-state index contributed by atoms with van der Waals surface area (Å²) in [5.74, 6) is 0.853. The third-order valence-electron chi connectivity index (χ3n) is 3.78. The number of alkyl carbamates (subject to hydrolysis) is 1. The molecule has 0 saturated carbocycles. The Labute approximate surface area is 125 Å². The summed E-state index contributed by atoms with van der Waals surface area (Å²) >= 11 is 0. The van der Waals surface area contributed by atoms with E-state index in [0.717, 1.165) is 30.8 Å². The first-order chi connectivity index (χ1) is 9.87. The van der Waals surface area contributed by atoms with Crippen LogP contribution in [0.25, 0.3) is 0 Å². The first-order valence-electron chi connectivity index (χ1n) is 7.35. The molecule has 1 aromatic rings. The second kappa shape index (κ2) is 4.91. The number of benzene rings is 1. The van der Waals surface area contributed by atoms with Crippen molar-refractivity contribution in [2.24, 2.45) is 0 Å². The van der Waals surface area contributed by atoms with Crippen LogP contribution < -0.4 is 15.4 Å². The van der Waals surface area contributed by atoms with Gasteiger partial charge in [0.1, 0.15) is 17.0 Å². The molecule has 0 radical (unpaired) electrons. The van der Waals surface area contributed by atoms with Crippen LogP contribution in [0.1, 0.15) is 38.8 Å². The number of ether oxygens (including phenoxy) is 2. The largest absolute Gasteiger partial charge is 0.484 e. The van der Waals surface area contributed by atoms with Crippen molar-refractivity contribution in [1.82, 2.24) is 10.6 Å². The number of para-hydroxylation sites is 1. The fourth-order valence-electron chi connectivity index (χ4n) is 2.82. The highest BCUT2D eigenvalue weighted by molar-refractivity contribution is 5.68. The molecule has 5 nitrogen and oxygen atoms in total. The van der Waals surface area contributed by atoms with E-state index in [-0.39, 0.29) is 17.7 Å². The summed E-state index contributed by atoms with van der Waals surface area (Å²) in [7, 11) is 0. The minimum absolute atomic E-state index is 0.0769. The standard InChI is InChI=1S/C16H22N2O3/c1-15(2,3)21-14(19)18-12-8-16(9-17-10-16)20-13-7-5-4-6-11(12)13/h4-7,12,17H,8-10H2,1-3H3,(H,18,19). The van der Waals surface area contributed by atoms with E-state index < -0.39 is 5.60 Å². The van der Waals surface area contributed by atoms with Gasteiger partial charge in [0.05, 0.1) is 6.04 Å². The van der Waals surface area contributed by atoms with Crippen LogP contribution in [-0.4, -0.2) is 30.4 Å². The lowest BCUT2D eigenvalue weighted by molar-refractivity contribution is -0.0171. The Morgan fingerprint density at radius 1 is 1.38 bits per heavy atom. The normalized spacial score (nSPS) is 22.7. The minimum Gasteiger partial charge on any atom is -0.484 e. The third-order valence-corrected chi connectivity index (χ3v) is 3.78. The Balaban J connectivity index is 1.79. The maximum absolute atomic E-state index is 12.1.